The van der Waals surface area contributed by atoms with E-state index in [0.717, 1.165) is 37.3 Å². The molecule has 0 unspecified atom stereocenters. The summed E-state index contributed by atoms with van der Waals surface area (Å²) < 4.78 is 0. The summed E-state index contributed by atoms with van der Waals surface area (Å²) >= 11 is 0. The topological polar surface area (TPSA) is 111 Å². The number of nitrogens with zero attached hydrogens (tertiary/aromatic N) is 3. The van der Waals surface area contributed by atoms with Crippen molar-refractivity contribution in [1.29, 1.82) is 0 Å². The zero-order valence-corrected chi connectivity index (χ0v) is 12.8. The average Bonchev–Trinajstić information content (AvgIpc) is 2.55. The quantitative estimate of drug-likeness (QED) is 0.480. The van der Waals surface area contributed by atoms with E-state index in [9.17, 15) is 20.2 Å². The van der Waals surface area contributed by atoms with Crippen LogP contribution in [0.25, 0.3) is 0 Å². The Labute approximate surface area is 133 Å². The van der Waals surface area contributed by atoms with Crippen molar-refractivity contribution in [3.05, 3.63) is 49.6 Å². The molecular weight excluding hydrogens is 300 g/mol. The largest absolute Gasteiger partial charge is 0.301 e. The van der Waals surface area contributed by atoms with Gasteiger partial charge in [0.15, 0.2) is 0 Å². The zero-order valence-electron chi connectivity index (χ0n) is 12.8. The molecule has 0 atom stereocenters. The van der Waals surface area contributed by atoms with E-state index in [1.807, 2.05) is 0 Å². The fourth-order valence-corrected chi connectivity index (χ4v) is 2.61. The van der Waals surface area contributed by atoms with Gasteiger partial charge in [0.05, 0.1) is 22.1 Å². The number of rotatable bonds is 6. The summed E-state index contributed by atoms with van der Waals surface area (Å²) in [4.78, 5) is 20.4. The molecule has 0 amide bonds. The van der Waals surface area contributed by atoms with E-state index in [4.69, 9.17) is 0 Å². The Bertz CT molecular complexity index is 682. The van der Waals surface area contributed by atoms with Crippen molar-refractivity contribution >= 4 is 23.3 Å². The number of anilines is 1. The summed E-state index contributed by atoms with van der Waals surface area (Å²) in [5, 5.41) is 25.8. The molecule has 0 saturated heterocycles. The van der Waals surface area contributed by atoms with Crippen molar-refractivity contribution < 1.29 is 9.85 Å². The van der Waals surface area contributed by atoms with Crippen molar-refractivity contribution in [2.24, 2.45) is 5.10 Å². The first-order valence-electron chi connectivity index (χ1n) is 7.45. The number of benzene rings is 1. The van der Waals surface area contributed by atoms with Gasteiger partial charge in [0, 0.05) is 6.07 Å². The molecule has 0 spiro atoms. The van der Waals surface area contributed by atoms with E-state index in [1.165, 1.54) is 24.1 Å². The lowest BCUT2D eigenvalue weighted by Gasteiger charge is -2.16. The van der Waals surface area contributed by atoms with Gasteiger partial charge in [0.25, 0.3) is 5.69 Å². The lowest BCUT2D eigenvalue weighted by molar-refractivity contribution is -0.393. The first-order chi connectivity index (χ1) is 11.0. The normalized spacial score (nSPS) is 15.0. The highest BCUT2D eigenvalue weighted by molar-refractivity contribution is 5.81. The molecule has 1 aromatic rings. The van der Waals surface area contributed by atoms with Crippen LogP contribution >= 0.6 is 0 Å². The number of nitro groups is 2. The number of non-ortho nitro benzene ring substituents is 1. The van der Waals surface area contributed by atoms with Crippen LogP contribution in [0.2, 0.25) is 0 Å². The maximum Gasteiger partial charge on any atom is 0.301 e. The van der Waals surface area contributed by atoms with Crippen LogP contribution in [0, 0.1) is 20.2 Å². The average molecular weight is 318 g/mol. The first-order valence-corrected chi connectivity index (χ1v) is 7.45. The Kier molecular flexibility index (Phi) is 5.40. The van der Waals surface area contributed by atoms with Gasteiger partial charge >= 0.3 is 5.69 Å². The number of allylic oxidation sites excluding steroid dienone is 2. The van der Waals surface area contributed by atoms with E-state index in [1.54, 1.807) is 6.21 Å². The van der Waals surface area contributed by atoms with E-state index in [0.29, 0.717) is 0 Å². The predicted octanol–water partition coefficient (Wildman–Crippen LogP) is 4.18. The summed E-state index contributed by atoms with van der Waals surface area (Å²) in [6, 6.07) is 3.43. The summed E-state index contributed by atoms with van der Waals surface area (Å²) in [7, 11) is 0. The molecule has 0 saturated carbocycles. The Hall–Kier alpha value is -2.77. The lowest BCUT2D eigenvalue weighted by atomic mass is 9.91. The Morgan fingerprint density at radius 3 is 2.61 bits per heavy atom. The third-order valence-corrected chi connectivity index (χ3v) is 3.85. The minimum absolute atomic E-state index is 0.131. The fourth-order valence-electron chi connectivity index (χ4n) is 2.61. The molecule has 1 N–H and O–H groups in total. The first kappa shape index (κ1) is 16.6. The van der Waals surface area contributed by atoms with Crippen LogP contribution in [0.4, 0.5) is 17.1 Å². The van der Waals surface area contributed by atoms with Gasteiger partial charge in [-0.25, -0.2) is 0 Å². The van der Waals surface area contributed by atoms with Gasteiger partial charge in [-0.3, -0.25) is 25.7 Å². The SMILES string of the molecule is CCC1=C(/C=N/Nc2ccc([N+](=O)[O-])cc2[N+](=O)[O-])CCCC1. The lowest BCUT2D eigenvalue weighted by Crippen LogP contribution is -2.03. The smallest absolute Gasteiger partial charge is 0.272 e. The third-order valence-electron chi connectivity index (χ3n) is 3.85. The molecule has 1 aromatic carbocycles. The molecule has 0 fully saturated rings. The van der Waals surface area contributed by atoms with Crippen LogP contribution in [0.3, 0.4) is 0 Å². The summed E-state index contributed by atoms with van der Waals surface area (Å²) in [5.74, 6) is 0. The maximum absolute atomic E-state index is 11.0. The summed E-state index contributed by atoms with van der Waals surface area (Å²) in [6.45, 7) is 2.10. The van der Waals surface area contributed by atoms with Crippen LogP contribution in [0.15, 0.2) is 34.4 Å². The van der Waals surface area contributed by atoms with E-state index in [-0.39, 0.29) is 17.1 Å². The number of nitrogens with one attached hydrogen (secondary N) is 1. The second-order valence-electron chi connectivity index (χ2n) is 5.28. The van der Waals surface area contributed by atoms with Gasteiger partial charge in [-0.2, -0.15) is 5.10 Å². The highest BCUT2D eigenvalue weighted by Gasteiger charge is 2.19. The fraction of sp³-hybridized carbons (Fsp3) is 0.400. The molecule has 8 heteroatoms. The number of hydrogen-bond acceptors (Lipinski definition) is 6. The summed E-state index contributed by atoms with van der Waals surface area (Å²) in [5.41, 5.74) is 4.58. The van der Waals surface area contributed by atoms with Gasteiger partial charge in [0.1, 0.15) is 5.69 Å². The standard InChI is InChI=1S/C15H18N4O4/c1-2-11-5-3-4-6-12(11)10-16-17-14-8-7-13(18(20)21)9-15(14)19(22)23/h7-10,17H,2-6H2,1H3/b16-10+. The highest BCUT2D eigenvalue weighted by Crippen LogP contribution is 2.29. The Morgan fingerprint density at radius 2 is 1.96 bits per heavy atom. The van der Waals surface area contributed by atoms with E-state index in [2.05, 4.69) is 17.5 Å². The monoisotopic (exact) mass is 318 g/mol. The van der Waals surface area contributed by atoms with Crippen molar-refractivity contribution in [1.82, 2.24) is 0 Å². The van der Waals surface area contributed by atoms with Crippen LogP contribution in [-0.4, -0.2) is 16.1 Å². The molecule has 1 aliphatic carbocycles. The highest BCUT2D eigenvalue weighted by atomic mass is 16.6. The van der Waals surface area contributed by atoms with Gasteiger partial charge in [-0.15, -0.1) is 0 Å². The van der Waals surface area contributed by atoms with Gasteiger partial charge < -0.3 is 0 Å². The van der Waals surface area contributed by atoms with Gasteiger partial charge in [0.2, 0.25) is 0 Å². The summed E-state index contributed by atoms with van der Waals surface area (Å²) in [6.07, 6.45) is 6.98. The van der Waals surface area contributed by atoms with Gasteiger partial charge in [-0.05, 0) is 43.7 Å². The van der Waals surface area contributed by atoms with Crippen LogP contribution in [0.1, 0.15) is 39.0 Å². The number of hydrogen-bond donors (Lipinski definition) is 1. The van der Waals surface area contributed by atoms with Crippen molar-refractivity contribution in [3.8, 4) is 0 Å². The molecule has 0 heterocycles. The molecule has 122 valence electrons. The minimum atomic E-state index is -0.666. The van der Waals surface area contributed by atoms with E-state index >= 15 is 0 Å². The molecule has 0 aliphatic heterocycles. The van der Waals surface area contributed by atoms with Crippen molar-refractivity contribution in [2.45, 2.75) is 39.0 Å². The molecule has 23 heavy (non-hydrogen) atoms. The molecule has 2 rings (SSSR count). The second-order valence-corrected chi connectivity index (χ2v) is 5.28. The second kappa shape index (κ2) is 7.48. The minimum Gasteiger partial charge on any atom is -0.272 e. The van der Waals surface area contributed by atoms with Crippen LogP contribution < -0.4 is 5.43 Å². The van der Waals surface area contributed by atoms with Crippen molar-refractivity contribution in [3.63, 3.8) is 0 Å². The molecule has 0 radical (unpaired) electrons. The molecular formula is C15H18N4O4. The third kappa shape index (κ3) is 4.12. The molecule has 0 bridgehead atoms. The van der Waals surface area contributed by atoms with Crippen LogP contribution in [0.5, 0.6) is 0 Å². The predicted molar refractivity (Wildman–Crippen MR) is 87.7 cm³/mol. The molecule has 1 aliphatic rings. The zero-order chi connectivity index (χ0) is 16.8. The van der Waals surface area contributed by atoms with Gasteiger partial charge in [-0.1, -0.05) is 12.5 Å². The Balaban J connectivity index is 2.20. The van der Waals surface area contributed by atoms with Crippen LogP contribution in [-0.2, 0) is 0 Å². The maximum atomic E-state index is 11.0. The number of hydrazone groups is 1. The van der Waals surface area contributed by atoms with Crippen molar-refractivity contribution in [2.75, 3.05) is 5.43 Å². The Morgan fingerprint density at radius 1 is 1.22 bits per heavy atom. The number of nitro benzene ring substituents is 2. The molecule has 8 nitrogen and oxygen atoms in total. The molecule has 0 aromatic heterocycles. The van der Waals surface area contributed by atoms with E-state index < -0.39 is 9.85 Å².